The number of nitrogens with one attached hydrogen (secondary N) is 2. The maximum atomic E-state index is 12.4. The van der Waals surface area contributed by atoms with Gasteiger partial charge in [0, 0.05) is 44.0 Å². The molecule has 1 fully saturated rings. The molecule has 3 rings (SSSR count). The smallest absolute Gasteiger partial charge is 0.251 e. The monoisotopic (exact) mass is 367 g/mol. The summed E-state index contributed by atoms with van der Waals surface area (Å²) in [7, 11) is 0. The summed E-state index contributed by atoms with van der Waals surface area (Å²) in [5.41, 5.74) is 4.26. The predicted octanol–water partition coefficient (Wildman–Crippen LogP) is 2.92. The average Bonchev–Trinajstić information content (AvgIpc) is 2.73. The second-order valence-electron chi connectivity index (χ2n) is 6.77. The number of carbonyl (C=O) groups excluding carboxylic acids is 1. The predicted molar refractivity (Wildman–Crippen MR) is 109 cm³/mol. The quantitative estimate of drug-likeness (QED) is 0.753. The van der Waals surface area contributed by atoms with Gasteiger partial charge in [-0.05, 0) is 35.7 Å². The molecular weight excluding hydrogens is 338 g/mol. The summed E-state index contributed by atoms with van der Waals surface area (Å²) < 4.78 is 5.34. The van der Waals surface area contributed by atoms with Crippen molar-refractivity contribution in [3.05, 3.63) is 65.2 Å². The number of ether oxygens (including phenoxy) is 1. The van der Waals surface area contributed by atoms with Gasteiger partial charge in [0.25, 0.3) is 5.91 Å². The highest BCUT2D eigenvalue weighted by Gasteiger charge is 2.11. The maximum Gasteiger partial charge on any atom is 0.251 e. The fourth-order valence-electron chi connectivity index (χ4n) is 3.28. The van der Waals surface area contributed by atoms with Gasteiger partial charge in [-0.15, -0.1) is 0 Å². The maximum absolute atomic E-state index is 12.4. The van der Waals surface area contributed by atoms with E-state index in [4.69, 9.17) is 4.74 Å². The van der Waals surface area contributed by atoms with Crippen LogP contribution in [0.2, 0.25) is 0 Å². The van der Waals surface area contributed by atoms with Gasteiger partial charge in [-0.3, -0.25) is 9.69 Å². The van der Waals surface area contributed by atoms with Gasteiger partial charge < -0.3 is 15.4 Å². The topological polar surface area (TPSA) is 53.6 Å². The minimum atomic E-state index is -0.0148. The van der Waals surface area contributed by atoms with Crippen LogP contribution < -0.4 is 10.6 Å². The number of rotatable bonds is 8. The molecule has 144 valence electrons. The van der Waals surface area contributed by atoms with Gasteiger partial charge in [-0.2, -0.15) is 0 Å². The summed E-state index contributed by atoms with van der Waals surface area (Å²) in [6.45, 7) is 7.82. The lowest BCUT2D eigenvalue weighted by Gasteiger charge is -2.26. The van der Waals surface area contributed by atoms with Gasteiger partial charge in [0.15, 0.2) is 0 Å². The largest absolute Gasteiger partial charge is 0.381 e. The van der Waals surface area contributed by atoms with Crippen LogP contribution in [0.15, 0.2) is 48.5 Å². The highest BCUT2D eigenvalue weighted by Crippen LogP contribution is 2.17. The molecule has 1 aliphatic heterocycles. The number of nitrogens with zero attached hydrogens (tertiary/aromatic N) is 1. The molecule has 0 radical (unpaired) electrons. The lowest BCUT2D eigenvalue weighted by atomic mass is 10.1. The number of amides is 1. The Hall–Kier alpha value is -2.37. The molecule has 5 nitrogen and oxygen atoms in total. The molecule has 1 amide bonds. The Morgan fingerprint density at radius 2 is 1.93 bits per heavy atom. The van der Waals surface area contributed by atoms with Gasteiger partial charge >= 0.3 is 0 Å². The molecule has 0 atom stereocenters. The van der Waals surface area contributed by atoms with Gasteiger partial charge in [-0.25, -0.2) is 0 Å². The number of morpholine rings is 1. The Morgan fingerprint density at radius 1 is 1.11 bits per heavy atom. The Labute approximate surface area is 161 Å². The summed E-state index contributed by atoms with van der Waals surface area (Å²) in [6.07, 6.45) is 0.995. The first kappa shape index (κ1) is 19.4. The van der Waals surface area contributed by atoms with Crippen LogP contribution in [0.1, 0.15) is 28.4 Å². The Morgan fingerprint density at radius 3 is 2.74 bits per heavy atom. The number of carbonyl (C=O) groups is 1. The molecule has 1 saturated heterocycles. The van der Waals surface area contributed by atoms with E-state index in [1.807, 2.05) is 30.3 Å². The van der Waals surface area contributed by atoms with Crippen molar-refractivity contribution >= 4 is 11.6 Å². The van der Waals surface area contributed by atoms with E-state index in [1.165, 1.54) is 5.56 Å². The van der Waals surface area contributed by atoms with Gasteiger partial charge in [0.1, 0.15) is 0 Å². The summed E-state index contributed by atoms with van der Waals surface area (Å²) >= 11 is 0. The third-order valence-electron chi connectivity index (χ3n) is 4.89. The molecule has 2 aromatic carbocycles. The van der Waals surface area contributed by atoms with Crippen molar-refractivity contribution in [2.45, 2.75) is 19.9 Å². The number of aryl methyl sites for hydroxylation is 1. The molecule has 0 spiro atoms. The van der Waals surface area contributed by atoms with Crippen molar-refractivity contribution in [1.29, 1.82) is 0 Å². The Bertz CT molecular complexity index is 742. The third kappa shape index (κ3) is 5.81. The fraction of sp³-hybridized carbons (Fsp3) is 0.409. The molecule has 0 aromatic heterocycles. The van der Waals surface area contributed by atoms with Crippen molar-refractivity contribution < 1.29 is 9.53 Å². The molecule has 1 aliphatic rings. The Kier molecular flexibility index (Phi) is 7.25. The van der Waals surface area contributed by atoms with Crippen LogP contribution in [-0.4, -0.2) is 50.2 Å². The summed E-state index contributed by atoms with van der Waals surface area (Å²) in [4.78, 5) is 14.8. The molecular formula is C22H29N3O2. The van der Waals surface area contributed by atoms with Crippen LogP contribution in [0.5, 0.6) is 0 Å². The molecule has 27 heavy (non-hydrogen) atoms. The Balaban J connectivity index is 1.50. The van der Waals surface area contributed by atoms with Gasteiger partial charge in [0.05, 0.1) is 13.2 Å². The summed E-state index contributed by atoms with van der Waals surface area (Å²) in [5, 5.41) is 6.51. The number of benzene rings is 2. The standard InChI is InChI=1S/C22H29N3O2/c1-2-19-7-3-4-9-21(19)24-17-18-6-5-8-20(16-18)22(26)23-10-11-25-12-14-27-15-13-25/h3-9,16,24H,2,10-15,17H2,1H3,(H,23,26). The van der Waals surface area contributed by atoms with Crippen molar-refractivity contribution in [3.8, 4) is 0 Å². The van der Waals surface area contributed by atoms with Crippen LogP contribution >= 0.6 is 0 Å². The SMILES string of the molecule is CCc1ccccc1NCc1cccc(C(=O)NCCN2CCOCC2)c1. The van der Waals surface area contributed by atoms with Crippen molar-refractivity contribution in [2.75, 3.05) is 44.7 Å². The van der Waals surface area contributed by atoms with Gasteiger partial charge in [0.2, 0.25) is 0 Å². The van der Waals surface area contributed by atoms with Crippen LogP contribution in [0, 0.1) is 0 Å². The number of anilines is 1. The molecule has 0 saturated carbocycles. The number of hydrogen-bond donors (Lipinski definition) is 2. The van der Waals surface area contributed by atoms with Crippen LogP contribution in [-0.2, 0) is 17.7 Å². The zero-order valence-corrected chi connectivity index (χ0v) is 16.0. The highest BCUT2D eigenvalue weighted by molar-refractivity contribution is 5.94. The van der Waals surface area contributed by atoms with E-state index in [1.54, 1.807) is 0 Å². The van der Waals surface area contributed by atoms with Crippen molar-refractivity contribution in [1.82, 2.24) is 10.2 Å². The number of para-hydroxylation sites is 1. The minimum absolute atomic E-state index is 0.0148. The van der Waals surface area contributed by atoms with Crippen molar-refractivity contribution in [2.24, 2.45) is 0 Å². The van der Waals surface area contributed by atoms with E-state index in [9.17, 15) is 4.79 Å². The number of hydrogen-bond acceptors (Lipinski definition) is 4. The molecule has 0 bridgehead atoms. The molecule has 0 aliphatic carbocycles. The lowest BCUT2D eigenvalue weighted by Crippen LogP contribution is -2.41. The first-order valence-electron chi connectivity index (χ1n) is 9.75. The second kappa shape index (κ2) is 10.1. The molecule has 2 aromatic rings. The second-order valence-corrected chi connectivity index (χ2v) is 6.77. The minimum Gasteiger partial charge on any atom is -0.381 e. The third-order valence-corrected chi connectivity index (χ3v) is 4.89. The van der Waals surface area contributed by atoms with E-state index < -0.39 is 0 Å². The molecule has 0 unspecified atom stereocenters. The first-order valence-corrected chi connectivity index (χ1v) is 9.75. The van der Waals surface area contributed by atoms with E-state index in [0.717, 1.165) is 50.5 Å². The zero-order chi connectivity index (χ0) is 18.9. The van der Waals surface area contributed by atoms with E-state index >= 15 is 0 Å². The van der Waals surface area contributed by atoms with Crippen LogP contribution in [0.25, 0.3) is 0 Å². The van der Waals surface area contributed by atoms with E-state index in [2.05, 4.69) is 40.7 Å². The summed E-state index contributed by atoms with van der Waals surface area (Å²) in [6, 6.07) is 16.2. The first-order chi connectivity index (χ1) is 13.3. The normalized spacial score (nSPS) is 14.7. The van der Waals surface area contributed by atoms with E-state index in [-0.39, 0.29) is 5.91 Å². The average molecular weight is 367 g/mol. The molecule has 2 N–H and O–H groups in total. The highest BCUT2D eigenvalue weighted by atomic mass is 16.5. The lowest BCUT2D eigenvalue weighted by molar-refractivity contribution is 0.0383. The fourth-order valence-corrected chi connectivity index (χ4v) is 3.28. The summed E-state index contributed by atoms with van der Waals surface area (Å²) in [5.74, 6) is -0.0148. The van der Waals surface area contributed by atoms with Crippen molar-refractivity contribution in [3.63, 3.8) is 0 Å². The zero-order valence-electron chi connectivity index (χ0n) is 16.0. The molecule has 5 heteroatoms. The van der Waals surface area contributed by atoms with Gasteiger partial charge in [-0.1, -0.05) is 37.3 Å². The van der Waals surface area contributed by atoms with Crippen LogP contribution in [0.3, 0.4) is 0 Å². The molecule has 1 heterocycles. The van der Waals surface area contributed by atoms with Crippen LogP contribution in [0.4, 0.5) is 5.69 Å². The van der Waals surface area contributed by atoms with E-state index in [0.29, 0.717) is 18.7 Å².